The van der Waals surface area contributed by atoms with Crippen molar-refractivity contribution in [2.24, 2.45) is 0 Å². The predicted molar refractivity (Wildman–Crippen MR) is 168 cm³/mol. The summed E-state index contributed by atoms with van der Waals surface area (Å²) >= 11 is 0. The van der Waals surface area contributed by atoms with Gasteiger partial charge in [-0.15, -0.1) is 0 Å². The van der Waals surface area contributed by atoms with E-state index in [9.17, 15) is 13.2 Å². The Labute approximate surface area is 253 Å². The van der Waals surface area contributed by atoms with E-state index in [1.165, 1.54) is 6.07 Å². The number of sulfone groups is 1. The van der Waals surface area contributed by atoms with Crippen LogP contribution in [0.15, 0.2) is 65.7 Å². The third-order valence-electron chi connectivity index (χ3n) is 8.46. The van der Waals surface area contributed by atoms with E-state index in [0.717, 1.165) is 80.2 Å². The highest BCUT2D eigenvalue weighted by atomic mass is 32.2. The summed E-state index contributed by atoms with van der Waals surface area (Å²) in [6.07, 6.45) is 3.96. The summed E-state index contributed by atoms with van der Waals surface area (Å²) in [7, 11) is -3.44. The van der Waals surface area contributed by atoms with E-state index in [-0.39, 0.29) is 29.9 Å². The summed E-state index contributed by atoms with van der Waals surface area (Å²) in [6, 6.07) is 16.5. The molecule has 6 rings (SSSR count). The molecule has 3 aromatic heterocycles. The van der Waals surface area contributed by atoms with Crippen molar-refractivity contribution in [3.05, 3.63) is 77.6 Å². The maximum atomic E-state index is 12.8. The number of aryl methyl sites for hydroxylation is 1. The number of pyridine rings is 3. The molecule has 1 atom stereocenters. The first-order valence-electron chi connectivity index (χ1n) is 14.5. The molecule has 2 fully saturated rings. The van der Waals surface area contributed by atoms with Gasteiger partial charge in [0, 0.05) is 56.5 Å². The average molecular weight is 603 g/mol. The predicted octanol–water partition coefficient (Wildman–Crippen LogP) is 3.88. The highest BCUT2D eigenvalue weighted by Crippen LogP contribution is 2.32. The van der Waals surface area contributed by atoms with E-state index in [1.54, 1.807) is 25.3 Å². The number of benzene rings is 1. The molecule has 1 N–H and O–H groups in total. The molecule has 1 amide bonds. The van der Waals surface area contributed by atoms with Crippen LogP contribution in [0.25, 0.3) is 22.3 Å². The van der Waals surface area contributed by atoms with Crippen LogP contribution in [0.2, 0.25) is 0 Å². The highest BCUT2D eigenvalue weighted by molar-refractivity contribution is 7.90. The zero-order valence-electron chi connectivity index (χ0n) is 24.7. The number of carbonyl (C=O) groups excluding carboxylic acids is 1. The Morgan fingerprint density at radius 3 is 2.63 bits per heavy atom. The van der Waals surface area contributed by atoms with E-state index in [1.807, 2.05) is 30.3 Å². The molecule has 0 radical (unpaired) electrons. The normalized spacial score (nSPS) is 19.6. The zero-order chi connectivity index (χ0) is 30.2. The van der Waals surface area contributed by atoms with Crippen LogP contribution in [0.4, 0.5) is 5.82 Å². The molecule has 43 heavy (non-hydrogen) atoms. The number of nitrogens with zero attached hydrogens (tertiary/aromatic N) is 5. The Morgan fingerprint density at radius 2 is 1.84 bits per heavy atom. The molecule has 5 heterocycles. The van der Waals surface area contributed by atoms with Crippen molar-refractivity contribution in [2.75, 3.05) is 50.5 Å². The Balaban J connectivity index is 0.00000384. The molecule has 226 valence electrons. The average Bonchev–Trinajstić information content (AvgIpc) is 3.43. The maximum Gasteiger partial charge on any atom is 0.251 e. The number of ether oxygens (including phenoxy) is 1. The minimum absolute atomic E-state index is 0. The van der Waals surface area contributed by atoms with Gasteiger partial charge < -0.3 is 15.0 Å². The van der Waals surface area contributed by atoms with E-state index in [0.29, 0.717) is 11.3 Å². The van der Waals surface area contributed by atoms with Crippen molar-refractivity contribution < 1.29 is 19.4 Å². The summed E-state index contributed by atoms with van der Waals surface area (Å²) in [5.74, 6) is 0.575. The quantitative estimate of drug-likeness (QED) is 0.336. The number of carbonyl (C=O) groups is 1. The fraction of sp³-hybridized carbons (Fsp3) is 0.375. The van der Waals surface area contributed by atoms with Crippen LogP contribution in [0.1, 0.15) is 36.4 Å². The first kappa shape index (κ1) is 29.2. The SMILES string of the molecule is Cc1ccc(C(=O)NCc2cc3nc(-c4cccc(N5CCC(C)(N6CCOCC6)C5)n4)ccc3cn2)cc1S(C)(=O)=O.[HH]. The smallest absolute Gasteiger partial charge is 0.251 e. The lowest BCUT2D eigenvalue weighted by molar-refractivity contribution is -0.00888. The van der Waals surface area contributed by atoms with Gasteiger partial charge in [-0.1, -0.05) is 12.1 Å². The van der Waals surface area contributed by atoms with Gasteiger partial charge >= 0.3 is 0 Å². The van der Waals surface area contributed by atoms with Gasteiger partial charge in [-0.2, -0.15) is 0 Å². The topological polar surface area (TPSA) is 118 Å². The lowest BCUT2D eigenvalue weighted by atomic mass is 9.98. The fourth-order valence-electron chi connectivity index (χ4n) is 5.96. The van der Waals surface area contributed by atoms with Crippen LogP contribution in [0.5, 0.6) is 0 Å². The molecular formula is C32H38N6O4S. The van der Waals surface area contributed by atoms with Gasteiger partial charge in [0.25, 0.3) is 5.91 Å². The van der Waals surface area contributed by atoms with Crippen LogP contribution < -0.4 is 10.2 Å². The van der Waals surface area contributed by atoms with Crippen LogP contribution in [-0.4, -0.2) is 85.4 Å². The molecule has 0 aliphatic carbocycles. The largest absolute Gasteiger partial charge is 0.379 e. The molecule has 11 heteroatoms. The number of nitrogens with one attached hydrogen (secondary N) is 1. The Hall–Kier alpha value is -3.93. The standard InChI is InChI=1S/C32H36N6O4S.H2/c1-22-7-8-23(17-29(22)43(3,40)41)31(39)34-20-25-18-28-24(19-33-25)9-10-27(35-28)26-5-4-6-30(36-26)37-12-11-32(2,21-37)38-13-15-42-16-14-38;/h4-10,17-19H,11-16,20-21H2,1-3H3,(H,34,39);1H. The van der Waals surface area contributed by atoms with Crippen LogP contribution in [0, 0.1) is 6.92 Å². The van der Waals surface area contributed by atoms with Crippen molar-refractivity contribution in [2.45, 2.75) is 37.2 Å². The highest BCUT2D eigenvalue weighted by Gasteiger charge is 2.40. The molecule has 0 bridgehead atoms. The third kappa shape index (κ3) is 6.24. The third-order valence-corrected chi connectivity index (χ3v) is 9.70. The number of hydrogen-bond acceptors (Lipinski definition) is 9. The molecule has 2 saturated heterocycles. The Bertz CT molecular complexity index is 1800. The number of morpholine rings is 1. The second kappa shape index (κ2) is 11.6. The second-order valence-corrected chi connectivity index (χ2v) is 13.6. The van der Waals surface area contributed by atoms with Crippen molar-refractivity contribution in [3.63, 3.8) is 0 Å². The van der Waals surface area contributed by atoms with Crippen LogP contribution in [0.3, 0.4) is 0 Å². The fourth-order valence-corrected chi connectivity index (χ4v) is 6.95. The summed E-state index contributed by atoms with van der Waals surface area (Å²) < 4.78 is 29.7. The van der Waals surface area contributed by atoms with Crippen molar-refractivity contribution >= 4 is 32.5 Å². The molecule has 10 nitrogen and oxygen atoms in total. The van der Waals surface area contributed by atoms with Gasteiger partial charge in [0.1, 0.15) is 5.82 Å². The van der Waals surface area contributed by atoms with Gasteiger partial charge in [0.2, 0.25) is 0 Å². The van der Waals surface area contributed by atoms with Crippen LogP contribution in [-0.2, 0) is 21.1 Å². The lowest BCUT2D eigenvalue weighted by Crippen LogP contribution is -2.53. The van der Waals surface area contributed by atoms with Crippen molar-refractivity contribution in [1.82, 2.24) is 25.2 Å². The van der Waals surface area contributed by atoms with E-state index in [2.05, 4.69) is 33.1 Å². The van der Waals surface area contributed by atoms with Gasteiger partial charge in [0.15, 0.2) is 9.84 Å². The van der Waals surface area contributed by atoms with Gasteiger partial charge in [-0.05, 0) is 68.3 Å². The molecule has 1 unspecified atom stereocenters. The zero-order valence-corrected chi connectivity index (χ0v) is 25.5. The minimum Gasteiger partial charge on any atom is -0.379 e. The first-order valence-corrected chi connectivity index (χ1v) is 16.4. The summed E-state index contributed by atoms with van der Waals surface area (Å²) in [5.41, 5.74) is 3.94. The van der Waals surface area contributed by atoms with E-state index >= 15 is 0 Å². The summed E-state index contributed by atoms with van der Waals surface area (Å²) in [6.45, 7) is 9.62. The molecule has 2 aliphatic rings. The maximum absolute atomic E-state index is 12.8. The van der Waals surface area contributed by atoms with Gasteiger partial charge in [0.05, 0.1) is 47.3 Å². The minimum atomic E-state index is -3.44. The van der Waals surface area contributed by atoms with Crippen molar-refractivity contribution in [1.29, 1.82) is 0 Å². The van der Waals surface area contributed by atoms with E-state index in [4.69, 9.17) is 14.7 Å². The molecule has 0 saturated carbocycles. The monoisotopic (exact) mass is 602 g/mol. The number of fused-ring (bicyclic) bond motifs is 1. The number of anilines is 1. The number of rotatable bonds is 7. The molecular weight excluding hydrogens is 564 g/mol. The van der Waals surface area contributed by atoms with Gasteiger partial charge in [-0.3, -0.25) is 14.7 Å². The lowest BCUT2D eigenvalue weighted by Gasteiger charge is -2.40. The number of aromatic nitrogens is 3. The molecule has 2 aliphatic heterocycles. The molecule has 1 aromatic carbocycles. The Kier molecular flexibility index (Phi) is 7.89. The summed E-state index contributed by atoms with van der Waals surface area (Å²) in [4.78, 5) is 32.2. The molecule has 0 spiro atoms. The first-order chi connectivity index (χ1) is 20.6. The van der Waals surface area contributed by atoms with E-state index < -0.39 is 9.84 Å². The second-order valence-electron chi connectivity index (χ2n) is 11.6. The van der Waals surface area contributed by atoms with Gasteiger partial charge in [-0.25, -0.2) is 18.4 Å². The Morgan fingerprint density at radius 1 is 1.05 bits per heavy atom. The number of amides is 1. The van der Waals surface area contributed by atoms with Crippen LogP contribution >= 0.6 is 0 Å². The number of hydrogen-bond donors (Lipinski definition) is 1. The van der Waals surface area contributed by atoms with Crippen molar-refractivity contribution in [3.8, 4) is 11.4 Å². The summed E-state index contributed by atoms with van der Waals surface area (Å²) in [5, 5.41) is 3.72. The molecule has 4 aromatic rings.